The summed E-state index contributed by atoms with van der Waals surface area (Å²) in [7, 11) is 0. The fourth-order valence-electron chi connectivity index (χ4n) is 3.28. The van der Waals surface area contributed by atoms with Crippen molar-refractivity contribution in [1.82, 2.24) is 20.0 Å². The zero-order valence-electron chi connectivity index (χ0n) is 14.1. The minimum atomic E-state index is -0.208. The quantitative estimate of drug-likeness (QED) is 0.711. The summed E-state index contributed by atoms with van der Waals surface area (Å²) in [5, 5.41) is 7.94. The summed E-state index contributed by atoms with van der Waals surface area (Å²) in [6, 6.07) is 12.8. The van der Waals surface area contributed by atoms with Crippen LogP contribution in [0.1, 0.15) is 16.1 Å². The van der Waals surface area contributed by atoms with Crippen molar-refractivity contribution in [3.8, 4) is 0 Å². The van der Waals surface area contributed by atoms with E-state index in [9.17, 15) is 9.18 Å². The first kappa shape index (κ1) is 17.2. The van der Waals surface area contributed by atoms with Crippen LogP contribution in [0.5, 0.6) is 0 Å². The molecule has 26 heavy (non-hydrogen) atoms. The molecule has 1 N–H and O–H groups in total. The average molecular weight is 417 g/mol. The molecule has 2 aromatic carbocycles. The molecule has 1 aliphatic rings. The standard InChI is InChI=1S/C19H18BrFN4O/c20-14-6-5-13(16(21)11-14)12-24-7-9-25(10-8-24)19(26)18-15-3-1-2-4-17(15)22-23-18/h1-6,11H,7-10,12H2,(H,22,23). The molecular weight excluding hydrogens is 399 g/mol. The molecule has 1 fully saturated rings. The number of hydrogen-bond acceptors (Lipinski definition) is 3. The summed E-state index contributed by atoms with van der Waals surface area (Å²) in [5.74, 6) is -0.266. The summed E-state index contributed by atoms with van der Waals surface area (Å²) in [5.41, 5.74) is 2.00. The Hall–Kier alpha value is -2.25. The van der Waals surface area contributed by atoms with Crippen LogP contribution in [-0.4, -0.2) is 52.1 Å². The van der Waals surface area contributed by atoms with Gasteiger partial charge in [0, 0.05) is 48.1 Å². The number of rotatable bonds is 3. The molecule has 1 amide bonds. The van der Waals surface area contributed by atoms with Crippen molar-refractivity contribution in [2.75, 3.05) is 26.2 Å². The summed E-state index contributed by atoms with van der Waals surface area (Å²) in [4.78, 5) is 16.8. The largest absolute Gasteiger partial charge is 0.335 e. The van der Waals surface area contributed by atoms with E-state index < -0.39 is 0 Å². The number of para-hydroxylation sites is 1. The number of nitrogens with one attached hydrogen (secondary N) is 1. The van der Waals surface area contributed by atoms with E-state index in [1.807, 2.05) is 35.2 Å². The van der Waals surface area contributed by atoms with Crippen LogP contribution in [0.25, 0.3) is 10.9 Å². The first-order chi connectivity index (χ1) is 12.6. The van der Waals surface area contributed by atoms with Crippen molar-refractivity contribution in [3.05, 3.63) is 64.0 Å². The van der Waals surface area contributed by atoms with Gasteiger partial charge in [0.05, 0.1) is 5.52 Å². The van der Waals surface area contributed by atoms with Gasteiger partial charge in [-0.05, 0) is 18.2 Å². The van der Waals surface area contributed by atoms with Crippen LogP contribution < -0.4 is 0 Å². The lowest BCUT2D eigenvalue weighted by atomic mass is 10.1. The van der Waals surface area contributed by atoms with Gasteiger partial charge < -0.3 is 4.90 Å². The molecule has 7 heteroatoms. The van der Waals surface area contributed by atoms with Crippen LogP contribution in [-0.2, 0) is 6.54 Å². The molecule has 3 aromatic rings. The second kappa shape index (κ2) is 7.17. The molecule has 2 heterocycles. The van der Waals surface area contributed by atoms with Gasteiger partial charge >= 0.3 is 0 Å². The Morgan fingerprint density at radius 1 is 1.15 bits per heavy atom. The highest BCUT2D eigenvalue weighted by Gasteiger charge is 2.25. The average Bonchev–Trinajstić information content (AvgIpc) is 3.08. The topological polar surface area (TPSA) is 52.2 Å². The molecule has 0 bridgehead atoms. The number of carbonyl (C=O) groups is 1. The number of aromatic nitrogens is 2. The second-order valence-electron chi connectivity index (χ2n) is 6.42. The van der Waals surface area contributed by atoms with E-state index in [2.05, 4.69) is 31.0 Å². The maximum absolute atomic E-state index is 14.0. The summed E-state index contributed by atoms with van der Waals surface area (Å²) in [6.45, 7) is 3.19. The Bertz CT molecular complexity index is 950. The van der Waals surface area contributed by atoms with Crippen LogP contribution in [0, 0.1) is 5.82 Å². The molecule has 1 aliphatic heterocycles. The maximum atomic E-state index is 14.0. The molecule has 0 aliphatic carbocycles. The van der Waals surface area contributed by atoms with Crippen molar-refractivity contribution in [2.45, 2.75) is 6.54 Å². The smallest absolute Gasteiger partial charge is 0.275 e. The molecule has 5 nitrogen and oxygen atoms in total. The van der Waals surface area contributed by atoms with E-state index in [0.29, 0.717) is 44.0 Å². The summed E-state index contributed by atoms with van der Waals surface area (Å²) < 4.78 is 14.7. The molecule has 0 radical (unpaired) electrons. The molecule has 1 aromatic heterocycles. The first-order valence-corrected chi connectivity index (χ1v) is 9.30. The van der Waals surface area contributed by atoms with E-state index in [4.69, 9.17) is 0 Å². The third-order valence-corrected chi connectivity index (χ3v) is 5.23. The maximum Gasteiger partial charge on any atom is 0.275 e. The van der Waals surface area contributed by atoms with Crippen molar-refractivity contribution in [1.29, 1.82) is 0 Å². The molecule has 0 atom stereocenters. The van der Waals surface area contributed by atoms with Crippen molar-refractivity contribution in [2.24, 2.45) is 0 Å². The third kappa shape index (κ3) is 3.37. The van der Waals surface area contributed by atoms with Gasteiger partial charge in [0.1, 0.15) is 5.82 Å². The number of amides is 1. The van der Waals surface area contributed by atoms with Gasteiger partial charge in [-0.25, -0.2) is 4.39 Å². The van der Waals surface area contributed by atoms with Gasteiger partial charge in [-0.3, -0.25) is 14.8 Å². The monoisotopic (exact) mass is 416 g/mol. The fraction of sp³-hybridized carbons (Fsp3) is 0.263. The van der Waals surface area contributed by atoms with E-state index in [1.165, 1.54) is 6.07 Å². The Balaban J connectivity index is 1.41. The van der Waals surface area contributed by atoms with Crippen LogP contribution in [0.3, 0.4) is 0 Å². The molecular formula is C19H18BrFN4O. The number of piperazine rings is 1. The molecule has 1 saturated heterocycles. The SMILES string of the molecule is O=C(c1n[nH]c2ccccc12)N1CCN(Cc2ccc(Br)cc2F)CC1. The number of H-pyrrole nitrogens is 1. The molecule has 4 rings (SSSR count). The molecule has 0 unspecified atom stereocenters. The number of halogens is 2. The van der Waals surface area contributed by atoms with Crippen LogP contribution in [0.2, 0.25) is 0 Å². The number of fused-ring (bicyclic) bond motifs is 1. The Kier molecular flexibility index (Phi) is 4.74. The van der Waals surface area contributed by atoms with Gasteiger partial charge in [0.15, 0.2) is 5.69 Å². The highest BCUT2D eigenvalue weighted by atomic mass is 79.9. The van der Waals surface area contributed by atoms with Crippen molar-refractivity contribution < 1.29 is 9.18 Å². The summed E-state index contributed by atoms with van der Waals surface area (Å²) in [6.07, 6.45) is 0. The predicted octanol–water partition coefficient (Wildman–Crippen LogP) is 3.42. The van der Waals surface area contributed by atoms with Gasteiger partial charge in [-0.2, -0.15) is 5.10 Å². The number of nitrogens with zero attached hydrogens (tertiary/aromatic N) is 3. The highest BCUT2D eigenvalue weighted by molar-refractivity contribution is 9.10. The Morgan fingerprint density at radius 2 is 1.92 bits per heavy atom. The first-order valence-electron chi connectivity index (χ1n) is 8.50. The molecule has 134 valence electrons. The van der Waals surface area contributed by atoms with E-state index in [-0.39, 0.29) is 11.7 Å². The van der Waals surface area contributed by atoms with Gasteiger partial charge in [-0.15, -0.1) is 0 Å². The number of carbonyl (C=O) groups excluding carboxylic acids is 1. The lowest BCUT2D eigenvalue weighted by Gasteiger charge is -2.34. The second-order valence-corrected chi connectivity index (χ2v) is 7.34. The van der Waals surface area contributed by atoms with Gasteiger partial charge in [0.2, 0.25) is 0 Å². The molecule has 0 saturated carbocycles. The van der Waals surface area contributed by atoms with Crippen molar-refractivity contribution in [3.63, 3.8) is 0 Å². The predicted molar refractivity (Wildman–Crippen MR) is 101 cm³/mol. The van der Waals surface area contributed by atoms with Gasteiger partial charge in [0.25, 0.3) is 5.91 Å². The number of hydrogen-bond donors (Lipinski definition) is 1. The zero-order chi connectivity index (χ0) is 18.1. The fourth-order valence-corrected chi connectivity index (χ4v) is 3.61. The van der Waals surface area contributed by atoms with Crippen molar-refractivity contribution >= 4 is 32.7 Å². The van der Waals surface area contributed by atoms with E-state index >= 15 is 0 Å². The minimum Gasteiger partial charge on any atom is -0.335 e. The Labute approximate surface area is 158 Å². The van der Waals surface area contributed by atoms with E-state index in [0.717, 1.165) is 15.4 Å². The minimum absolute atomic E-state index is 0.0584. The Morgan fingerprint density at radius 3 is 2.69 bits per heavy atom. The number of aromatic amines is 1. The van der Waals surface area contributed by atoms with Crippen LogP contribution in [0.4, 0.5) is 4.39 Å². The lowest BCUT2D eigenvalue weighted by molar-refractivity contribution is 0.0623. The highest BCUT2D eigenvalue weighted by Crippen LogP contribution is 2.20. The molecule has 0 spiro atoms. The van der Waals surface area contributed by atoms with E-state index in [1.54, 1.807) is 6.07 Å². The van der Waals surface area contributed by atoms with Crippen LogP contribution in [0.15, 0.2) is 46.9 Å². The lowest BCUT2D eigenvalue weighted by Crippen LogP contribution is -2.48. The summed E-state index contributed by atoms with van der Waals surface area (Å²) >= 11 is 3.27. The third-order valence-electron chi connectivity index (χ3n) is 4.74. The number of benzene rings is 2. The zero-order valence-corrected chi connectivity index (χ0v) is 15.7. The van der Waals surface area contributed by atoms with Gasteiger partial charge in [-0.1, -0.05) is 40.2 Å². The normalized spacial score (nSPS) is 15.5. The van der Waals surface area contributed by atoms with Crippen LogP contribution >= 0.6 is 15.9 Å².